The molecule has 2 amide bonds. The number of nitrogens with one attached hydrogen (secondary N) is 2. The van der Waals surface area contributed by atoms with Gasteiger partial charge in [0.2, 0.25) is 0 Å². The normalized spacial score (nSPS) is 15.1. The van der Waals surface area contributed by atoms with Gasteiger partial charge in [-0.3, -0.25) is 14.5 Å². The third kappa shape index (κ3) is 4.30. The van der Waals surface area contributed by atoms with Crippen molar-refractivity contribution in [3.63, 3.8) is 0 Å². The quantitative estimate of drug-likeness (QED) is 0.658. The van der Waals surface area contributed by atoms with Crippen molar-refractivity contribution in [2.45, 2.75) is 19.0 Å². The zero-order valence-electron chi connectivity index (χ0n) is 14.5. The van der Waals surface area contributed by atoms with Crippen LogP contribution in [0.1, 0.15) is 22.9 Å². The molecule has 2 aromatic rings. The third-order valence-corrected chi connectivity index (χ3v) is 4.53. The van der Waals surface area contributed by atoms with Crippen molar-refractivity contribution in [3.8, 4) is 0 Å². The van der Waals surface area contributed by atoms with E-state index in [1.54, 1.807) is 6.26 Å². The van der Waals surface area contributed by atoms with E-state index < -0.39 is 11.8 Å². The van der Waals surface area contributed by atoms with Crippen LogP contribution in [0.2, 0.25) is 0 Å². The first-order valence-electron chi connectivity index (χ1n) is 8.70. The maximum absolute atomic E-state index is 12.0. The predicted molar refractivity (Wildman–Crippen MR) is 95.1 cm³/mol. The van der Waals surface area contributed by atoms with Gasteiger partial charge in [0.15, 0.2) is 0 Å². The van der Waals surface area contributed by atoms with Gasteiger partial charge in [-0.25, -0.2) is 0 Å². The van der Waals surface area contributed by atoms with Gasteiger partial charge in [-0.05, 0) is 29.7 Å². The average Bonchev–Trinajstić information content (AvgIpc) is 3.20. The van der Waals surface area contributed by atoms with Crippen LogP contribution in [0.4, 0.5) is 0 Å². The topological polar surface area (TPSA) is 94.8 Å². The SMILES string of the molecule is O=C(NCCO)C(=O)NC[C@@H](c1ccco1)N1CCc2ccccc2C1. The van der Waals surface area contributed by atoms with E-state index in [0.717, 1.165) is 25.3 Å². The fourth-order valence-electron chi connectivity index (χ4n) is 3.19. The Balaban J connectivity index is 1.67. The molecule has 1 aliphatic rings. The lowest BCUT2D eigenvalue weighted by Crippen LogP contribution is -2.45. The van der Waals surface area contributed by atoms with Crippen molar-refractivity contribution < 1.29 is 19.1 Å². The number of amides is 2. The zero-order valence-corrected chi connectivity index (χ0v) is 14.5. The van der Waals surface area contributed by atoms with Gasteiger partial charge in [0.1, 0.15) is 5.76 Å². The Bertz CT molecular complexity index is 745. The number of aliphatic hydroxyl groups excluding tert-OH is 1. The Morgan fingerprint density at radius 3 is 2.62 bits per heavy atom. The molecule has 138 valence electrons. The van der Waals surface area contributed by atoms with Crippen LogP contribution in [0.15, 0.2) is 47.1 Å². The second-order valence-corrected chi connectivity index (χ2v) is 6.21. The molecule has 7 nitrogen and oxygen atoms in total. The number of furan rings is 1. The zero-order chi connectivity index (χ0) is 18.4. The molecule has 1 aliphatic heterocycles. The predicted octanol–water partition coefficient (Wildman–Crippen LogP) is 0.604. The summed E-state index contributed by atoms with van der Waals surface area (Å²) in [4.78, 5) is 25.9. The summed E-state index contributed by atoms with van der Waals surface area (Å²) in [7, 11) is 0. The molecular weight excluding hydrogens is 334 g/mol. The largest absolute Gasteiger partial charge is 0.468 e. The van der Waals surface area contributed by atoms with E-state index in [1.807, 2.05) is 24.3 Å². The van der Waals surface area contributed by atoms with Crippen LogP contribution in [0, 0.1) is 0 Å². The van der Waals surface area contributed by atoms with Crippen LogP contribution in [-0.4, -0.2) is 48.1 Å². The minimum atomic E-state index is -0.749. The first-order valence-corrected chi connectivity index (χ1v) is 8.70. The van der Waals surface area contributed by atoms with Crippen LogP contribution in [0.5, 0.6) is 0 Å². The smallest absolute Gasteiger partial charge is 0.309 e. The first-order chi connectivity index (χ1) is 12.7. The van der Waals surface area contributed by atoms with E-state index in [0.29, 0.717) is 0 Å². The Morgan fingerprint density at radius 2 is 1.88 bits per heavy atom. The fourth-order valence-corrected chi connectivity index (χ4v) is 3.19. The van der Waals surface area contributed by atoms with Gasteiger partial charge in [-0.1, -0.05) is 24.3 Å². The maximum Gasteiger partial charge on any atom is 0.309 e. The Labute approximate surface area is 152 Å². The van der Waals surface area contributed by atoms with Crippen molar-refractivity contribution in [2.24, 2.45) is 0 Å². The maximum atomic E-state index is 12.0. The summed E-state index contributed by atoms with van der Waals surface area (Å²) in [5, 5.41) is 13.7. The molecule has 0 spiro atoms. The number of hydrogen-bond acceptors (Lipinski definition) is 5. The second-order valence-electron chi connectivity index (χ2n) is 6.21. The molecule has 0 saturated carbocycles. The van der Waals surface area contributed by atoms with Crippen molar-refractivity contribution >= 4 is 11.8 Å². The number of aliphatic hydroxyl groups is 1. The third-order valence-electron chi connectivity index (χ3n) is 4.53. The second kappa shape index (κ2) is 8.64. The molecule has 0 aliphatic carbocycles. The Kier molecular flexibility index (Phi) is 6.04. The summed E-state index contributed by atoms with van der Waals surface area (Å²) in [5.41, 5.74) is 2.61. The first kappa shape index (κ1) is 18.2. The molecular formula is C19H23N3O4. The number of fused-ring (bicyclic) bond motifs is 1. The van der Waals surface area contributed by atoms with Crippen molar-refractivity contribution in [1.29, 1.82) is 0 Å². The van der Waals surface area contributed by atoms with Crippen LogP contribution in [-0.2, 0) is 22.6 Å². The van der Waals surface area contributed by atoms with Gasteiger partial charge in [0.25, 0.3) is 0 Å². The number of hydrogen-bond donors (Lipinski definition) is 3. The summed E-state index contributed by atoms with van der Waals surface area (Å²) in [5.74, 6) is -0.714. The number of rotatable bonds is 6. The van der Waals surface area contributed by atoms with Gasteiger partial charge >= 0.3 is 11.8 Å². The van der Waals surface area contributed by atoms with Gasteiger partial charge in [0.05, 0.1) is 18.9 Å². The van der Waals surface area contributed by atoms with Crippen molar-refractivity contribution in [1.82, 2.24) is 15.5 Å². The Morgan fingerprint density at radius 1 is 1.12 bits per heavy atom. The summed E-state index contributed by atoms with van der Waals surface area (Å²) in [6.07, 6.45) is 2.54. The lowest BCUT2D eigenvalue weighted by Gasteiger charge is -2.34. The van der Waals surface area contributed by atoms with E-state index in [-0.39, 0.29) is 25.7 Å². The molecule has 1 aromatic carbocycles. The van der Waals surface area contributed by atoms with Crippen molar-refractivity contribution in [2.75, 3.05) is 26.2 Å². The van der Waals surface area contributed by atoms with Crippen LogP contribution >= 0.6 is 0 Å². The molecule has 3 N–H and O–H groups in total. The minimum Gasteiger partial charge on any atom is -0.468 e. The highest BCUT2D eigenvalue weighted by atomic mass is 16.3. The number of carbonyl (C=O) groups excluding carboxylic acids is 2. The molecule has 1 aromatic heterocycles. The lowest BCUT2D eigenvalue weighted by atomic mass is 9.98. The summed E-state index contributed by atoms with van der Waals surface area (Å²) in [6, 6.07) is 11.9. The van der Waals surface area contributed by atoms with Gasteiger partial charge in [-0.2, -0.15) is 0 Å². The van der Waals surface area contributed by atoms with E-state index in [1.165, 1.54) is 11.1 Å². The highest BCUT2D eigenvalue weighted by molar-refractivity contribution is 6.35. The number of carbonyl (C=O) groups is 2. The molecule has 2 heterocycles. The molecule has 1 atom stereocenters. The average molecular weight is 357 g/mol. The highest BCUT2D eigenvalue weighted by Crippen LogP contribution is 2.27. The summed E-state index contributed by atoms with van der Waals surface area (Å²) < 4.78 is 5.57. The van der Waals surface area contributed by atoms with Gasteiger partial charge in [0, 0.05) is 26.2 Å². The molecule has 0 radical (unpaired) electrons. The molecule has 0 saturated heterocycles. The van der Waals surface area contributed by atoms with Crippen LogP contribution < -0.4 is 10.6 Å². The Hall–Kier alpha value is -2.64. The summed E-state index contributed by atoms with van der Waals surface area (Å²) in [6.45, 7) is 1.71. The lowest BCUT2D eigenvalue weighted by molar-refractivity contribution is -0.139. The number of nitrogens with zero attached hydrogens (tertiary/aromatic N) is 1. The molecule has 0 bridgehead atoms. The van der Waals surface area contributed by atoms with Crippen LogP contribution in [0.3, 0.4) is 0 Å². The van der Waals surface area contributed by atoms with E-state index in [9.17, 15) is 9.59 Å². The molecule has 0 fully saturated rings. The van der Waals surface area contributed by atoms with Gasteiger partial charge < -0.3 is 20.2 Å². The van der Waals surface area contributed by atoms with Crippen LogP contribution in [0.25, 0.3) is 0 Å². The van der Waals surface area contributed by atoms with E-state index in [2.05, 4.69) is 27.7 Å². The summed E-state index contributed by atoms with van der Waals surface area (Å²) >= 11 is 0. The van der Waals surface area contributed by atoms with Gasteiger partial charge in [-0.15, -0.1) is 0 Å². The molecule has 26 heavy (non-hydrogen) atoms. The molecule has 3 rings (SSSR count). The minimum absolute atomic E-state index is 0.0524. The molecule has 7 heteroatoms. The standard InChI is InChI=1S/C19H23N3O4/c23-10-8-20-18(24)19(25)21-12-16(17-6-3-11-26-17)22-9-7-14-4-1-2-5-15(14)13-22/h1-6,11,16,23H,7-10,12-13H2,(H,20,24)(H,21,25)/t16-/m0/s1. The van der Waals surface area contributed by atoms with Crippen molar-refractivity contribution in [3.05, 3.63) is 59.5 Å². The monoisotopic (exact) mass is 357 g/mol. The highest BCUT2D eigenvalue weighted by Gasteiger charge is 2.27. The number of benzene rings is 1. The molecule has 0 unspecified atom stereocenters. The van der Waals surface area contributed by atoms with E-state index >= 15 is 0 Å². The fraction of sp³-hybridized carbons (Fsp3) is 0.368. The van der Waals surface area contributed by atoms with E-state index in [4.69, 9.17) is 9.52 Å².